The maximum absolute atomic E-state index is 11.4. The van der Waals surface area contributed by atoms with E-state index in [0.29, 0.717) is 0 Å². The van der Waals surface area contributed by atoms with E-state index in [-0.39, 0.29) is 5.91 Å². The number of hydrazine groups is 1. The number of nitrogens with zero attached hydrogens (tertiary/aromatic N) is 1. The van der Waals surface area contributed by atoms with Gasteiger partial charge < -0.3 is 0 Å². The van der Waals surface area contributed by atoms with Crippen molar-refractivity contribution in [1.29, 1.82) is 0 Å². The number of benzene rings is 2. The van der Waals surface area contributed by atoms with Crippen molar-refractivity contribution in [2.75, 3.05) is 5.01 Å². The minimum absolute atomic E-state index is 0.0773. The quantitative estimate of drug-likeness (QED) is 0.849. The van der Waals surface area contributed by atoms with Crippen LogP contribution in [0.4, 0.5) is 11.4 Å². The number of hydrogen-bond acceptors (Lipinski definition) is 3. The first kappa shape index (κ1) is 11.2. The minimum Gasteiger partial charge on any atom is -0.274 e. The standard InChI is InChI=1S/C14H12N2OS/c1-10(17)15-16-11-6-2-4-8-13(11)18-14-9-5-3-7-12(14)16/h2-9H,1H3,(H,15,17). The Balaban J connectivity index is 2.14. The van der Waals surface area contributed by atoms with Crippen molar-refractivity contribution in [1.82, 2.24) is 5.43 Å². The van der Waals surface area contributed by atoms with E-state index in [1.54, 1.807) is 11.8 Å². The number of amides is 1. The largest absolute Gasteiger partial charge is 0.274 e. The molecule has 18 heavy (non-hydrogen) atoms. The first-order chi connectivity index (χ1) is 8.75. The van der Waals surface area contributed by atoms with Gasteiger partial charge in [0.1, 0.15) is 0 Å². The van der Waals surface area contributed by atoms with E-state index in [0.717, 1.165) is 21.2 Å². The molecule has 2 aromatic rings. The van der Waals surface area contributed by atoms with Gasteiger partial charge >= 0.3 is 0 Å². The molecule has 1 aliphatic heterocycles. The van der Waals surface area contributed by atoms with Gasteiger partial charge in [0.05, 0.1) is 11.4 Å². The zero-order valence-electron chi connectivity index (χ0n) is 9.88. The maximum atomic E-state index is 11.4. The third-order valence-corrected chi connectivity index (χ3v) is 3.83. The Bertz CT molecular complexity index is 567. The van der Waals surface area contributed by atoms with Gasteiger partial charge in [0.15, 0.2) is 0 Å². The lowest BCUT2D eigenvalue weighted by Crippen LogP contribution is -2.38. The summed E-state index contributed by atoms with van der Waals surface area (Å²) in [5, 5.41) is 1.85. The molecular weight excluding hydrogens is 244 g/mol. The molecule has 3 rings (SSSR count). The molecule has 4 heteroatoms. The van der Waals surface area contributed by atoms with Gasteiger partial charge in [0.2, 0.25) is 5.91 Å². The van der Waals surface area contributed by atoms with Crippen LogP contribution in [-0.2, 0) is 4.79 Å². The molecular formula is C14H12N2OS. The second-order valence-corrected chi connectivity index (χ2v) is 5.12. The highest BCUT2D eigenvalue weighted by molar-refractivity contribution is 7.99. The first-order valence-corrected chi connectivity index (χ1v) is 6.50. The lowest BCUT2D eigenvalue weighted by molar-refractivity contribution is -0.118. The van der Waals surface area contributed by atoms with Crippen LogP contribution in [0, 0.1) is 0 Å². The van der Waals surface area contributed by atoms with Crippen LogP contribution < -0.4 is 10.4 Å². The molecule has 0 fully saturated rings. The average Bonchev–Trinajstić information content (AvgIpc) is 2.38. The number of nitrogens with one attached hydrogen (secondary N) is 1. The molecule has 0 saturated carbocycles. The lowest BCUT2D eigenvalue weighted by Gasteiger charge is -2.32. The molecule has 90 valence electrons. The van der Waals surface area contributed by atoms with Crippen LogP contribution in [0.2, 0.25) is 0 Å². The highest BCUT2D eigenvalue weighted by Crippen LogP contribution is 2.46. The summed E-state index contributed by atoms with van der Waals surface area (Å²) in [6.45, 7) is 1.52. The molecule has 1 heterocycles. The molecule has 3 nitrogen and oxygen atoms in total. The van der Waals surface area contributed by atoms with Crippen LogP contribution >= 0.6 is 11.8 Å². The monoisotopic (exact) mass is 256 g/mol. The summed E-state index contributed by atoms with van der Waals surface area (Å²) in [5.74, 6) is -0.0773. The third kappa shape index (κ3) is 1.84. The molecule has 0 radical (unpaired) electrons. The number of carbonyl (C=O) groups excluding carboxylic acids is 1. The van der Waals surface area contributed by atoms with Crippen molar-refractivity contribution in [2.24, 2.45) is 0 Å². The van der Waals surface area contributed by atoms with Gasteiger partial charge in [-0.1, -0.05) is 36.0 Å². The van der Waals surface area contributed by atoms with Gasteiger partial charge in [-0.25, -0.2) is 0 Å². The van der Waals surface area contributed by atoms with E-state index in [4.69, 9.17) is 0 Å². The summed E-state index contributed by atoms with van der Waals surface area (Å²) >= 11 is 1.72. The van der Waals surface area contributed by atoms with Crippen LogP contribution in [0.5, 0.6) is 0 Å². The Labute approximate surface area is 110 Å². The zero-order valence-corrected chi connectivity index (χ0v) is 10.7. The van der Waals surface area contributed by atoms with Crippen LogP contribution in [0.15, 0.2) is 58.3 Å². The third-order valence-electron chi connectivity index (χ3n) is 2.70. The summed E-state index contributed by atoms with van der Waals surface area (Å²) < 4.78 is 0. The van der Waals surface area contributed by atoms with Gasteiger partial charge in [0, 0.05) is 16.7 Å². The van der Waals surface area contributed by atoms with Gasteiger partial charge in [-0.05, 0) is 24.3 Å². The number of rotatable bonds is 1. The topological polar surface area (TPSA) is 32.3 Å². The van der Waals surface area contributed by atoms with Crippen molar-refractivity contribution in [3.63, 3.8) is 0 Å². The average molecular weight is 256 g/mol. The maximum Gasteiger partial charge on any atom is 0.235 e. The highest BCUT2D eigenvalue weighted by Gasteiger charge is 2.23. The Kier molecular flexibility index (Phi) is 2.72. The number of hydrogen-bond donors (Lipinski definition) is 1. The van der Waals surface area contributed by atoms with E-state index in [1.165, 1.54) is 6.92 Å². The molecule has 1 N–H and O–H groups in total. The molecule has 0 aliphatic carbocycles. The summed E-state index contributed by atoms with van der Waals surface area (Å²) in [4.78, 5) is 13.7. The Morgan fingerprint density at radius 3 is 2.00 bits per heavy atom. The molecule has 2 aromatic carbocycles. The number of fused-ring (bicyclic) bond motifs is 2. The fraction of sp³-hybridized carbons (Fsp3) is 0.0714. The minimum atomic E-state index is -0.0773. The van der Waals surface area contributed by atoms with E-state index < -0.39 is 0 Å². The summed E-state index contributed by atoms with van der Waals surface area (Å²) in [6.07, 6.45) is 0. The van der Waals surface area contributed by atoms with Gasteiger partial charge in [-0.15, -0.1) is 0 Å². The smallest absolute Gasteiger partial charge is 0.235 e. The fourth-order valence-electron chi connectivity index (χ4n) is 1.98. The second-order valence-electron chi connectivity index (χ2n) is 4.04. The van der Waals surface area contributed by atoms with Gasteiger partial charge in [-0.2, -0.15) is 0 Å². The molecule has 0 unspecified atom stereocenters. The number of anilines is 2. The molecule has 0 bridgehead atoms. The zero-order chi connectivity index (χ0) is 12.5. The van der Waals surface area contributed by atoms with Crippen LogP contribution in [0.3, 0.4) is 0 Å². The highest BCUT2D eigenvalue weighted by atomic mass is 32.2. The molecule has 1 aliphatic rings. The first-order valence-electron chi connectivity index (χ1n) is 5.69. The van der Waals surface area contributed by atoms with E-state index >= 15 is 0 Å². The van der Waals surface area contributed by atoms with Crippen LogP contribution in [0.1, 0.15) is 6.92 Å². The predicted molar refractivity (Wildman–Crippen MR) is 73.0 cm³/mol. The van der Waals surface area contributed by atoms with Gasteiger partial charge in [-0.3, -0.25) is 15.2 Å². The Hall–Kier alpha value is -1.94. The molecule has 0 spiro atoms. The van der Waals surface area contributed by atoms with Crippen LogP contribution in [0.25, 0.3) is 0 Å². The Morgan fingerprint density at radius 1 is 1.00 bits per heavy atom. The van der Waals surface area contributed by atoms with Crippen molar-refractivity contribution in [3.8, 4) is 0 Å². The molecule has 0 saturated heterocycles. The molecule has 0 atom stereocenters. The summed E-state index contributed by atoms with van der Waals surface area (Å²) in [5.41, 5.74) is 4.90. The molecule has 0 aromatic heterocycles. The van der Waals surface area contributed by atoms with Crippen molar-refractivity contribution in [2.45, 2.75) is 16.7 Å². The number of para-hydroxylation sites is 2. The summed E-state index contributed by atoms with van der Waals surface area (Å²) in [7, 11) is 0. The van der Waals surface area contributed by atoms with Crippen molar-refractivity contribution in [3.05, 3.63) is 48.5 Å². The van der Waals surface area contributed by atoms with Crippen molar-refractivity contribution < 1.29 is 4.79 Å². The lowest BCUT2D eigenvalue weighted by atomic mass is 10.2. The van der Waals surface area contributed by atoms with Gasteiger partial charge in [0.25, 0.3) is 0 Å². The van der Waals surface area contributed by atoms with Crippen molar-refractivity contribution >= 4 is 29.0 Å². The second kappa shape index (κ2) is 4.38. The normalized spacial score (nSPS) is 12.6. The Morgan fingerprint density at radius 2 is 1.50 bits per heavy atom. The predicted octanol–water partition coefficient (Wildman–Crippen LogP) is 3.34. The number of carbonyl (C=O) groups is 1. The van der Waals surface area contributed by atoms with E-state index in [1.807, 2.05) is 41.4 Å². The van der Waals surface area contributed by atoms with E-state index in [2.05, 4.69) is 17.6 Å². The molecule has 1 amide bonds. The van der Waals surface area contributed by atoms with Crippen LogP contribution in [-0.4, -0.2) is 5.91 Å². The SMILES string of the molecule is CC(=O)NN1c2ccccc2Sc2ccccc21. The van der Waals surface area contributed by atoms with E-state index in [9.17, 15) is 4.79 Å². The summed E-state index contributed by atoms with van der Waals surface area (Å²) in [6, 6.07) is 16.1. The fourth-order valence-corrected chi connectivity index (χ4v) is 3.04.